The Labute approximate surface area is 176 Å². The number of halogens is 2. The Hall–Kier alpha value is -1.76. The first-order chi connectivity index (χ1) is 13.3. The molecule has 2 aromatic rings. The zero-order chi connectivity index (χ0) is 20.3. The van der Waals surface area contributed by atoms with Gasteiger partial charge < -0.3 is 15.0 Å². The second kappa shape index (κ2) is 8.72. The molecule has 1 N–H and O–H groups in total. The maximum absolute atomic E-state index is 6.42. The summed E-state index contributed by atoms with van der Waals surface area (Å²) in [7, 11) is 3.71. The standard InChI is InChI=1S/C20H27Cl2N5O/c1-20(2,18-15(21)6-5-7-16(18)22)13-24-19(23-3)27-8-9-28-17(12-27)14-10-25-26(4)11-14/h5-7,10-11,17H,8-9,12-13H2,1-4H3,(H,23,24). The first kappa shape index (κ1) is 21.0. The van der Waals surface area contributed by atoms with Crippen LogP contribution in [0.15, 0.2) is 35.6 Å². The Kier molecular flexibility index (Phi) is 6.53. The zero-order valence-corrected chi connectivity index (χ0v) is 18.3. The predicted molar refractivity (Wildman–Crippen MR) is 114 cm³/mol. The van der Waals surface area contributed by atoms with Gasteiger partial charge in [-0.1, -0.05) is 43.1 Å². The maximum Gasteiger partial charge on any atom is 0.193 e. The molecule has 0 amide bonds. The van der Waals surface area contributed by atoms with Crippen LogP contribution in [0.2, 0.25) is 10.0 Å². The van der Waals surface area contributed by atoms with Gasteiger partial charge in [-0.25, -0.2) is 0 Å². The molecule has 0 radical (unpaired) electrons. The van der Waals surface area contributed by atoms with Gasteiger partial charge in [-0.3, -0.25) is 9.67 Å². The molecule has 152 valence electrons. The van der Waals surface area contributed by atoms with E-state index in [0.717, 1.165) is 30.2 Å². The van der Waals surface area contributed by atoms with Gasteiger partial charge in [-0.05, 0) is 17.7 Å². The third-order valence-electron chi connectivity index (χ3n) is 5.00. The van der Waals surface area contributed by atoms with E-state index in [1.54, 1.807) is 11.7 Å². The Morgan fingerprint density at radius 1 is 1.36 bits per heavy atom. The topological polar surface area (TPSA) is 54.7 Å². The summed E-state index contributed by atoms with van der Waals surface area (Å²) in [6.45, 7) is 7.04. The molecular weight excluding hydrogens is 397 g/mol. The number of aromatic nitrogens is 2. The van der Waals surface area contributed by atoms with Crippen molar-refractivity contribution in [3.8, 4) is 0 Å². The van der Waals surface area contributed by atoms with Crippen molar-refractivity contribution in [1.82, 2.24) is 20.0 Å². The molecule has 1 aliphatic heterocycles. The van der Waals surface area contributed by atoms with Gasteiger partial charge in [-0.15, -0.1) is 0 Å². The van der Waals surface area contributed by atoms with E-state index in [1.165, 1.54) is 0 Å². The molecule has 0 bridgehead atoms. The quantitative estimate of drug-likeness (QED) is 0.602. The van der Waals surface area contributed by atoms with E-state index in [0.29, 0.717) is 23.2 Å². The summed E-state index contributed by atoms with van der Waals surface area (Å²) in [5.41, 5.74) is 1.75. The summed E-state index contributed by atoms with van der Waals surface area (Å²) in [5.74, 6) is 0.841. The highest BCUT2D eigenvalue weighted by atomic mass is 35.5. The van der Waals surface area contributed by atoms with Gasteiger partial charge in [0, 0.05) is 54.4 Å². The Balaban J connectivity index is 1.68. The van der Waals surface area contributed by atoms with Crippen molar-refractivity contribution < 1.29 is 4.74 Å². The summed E-state index contributed by atoms with van der Waals surface area (Å²) in [5, 5.41) is 9.10. The largest absolute Gasteiger partial charge is 0.370 e. The molecule has 1 saturated heterocycles. The van der Waals surface area contributed by atoms with Crippen molar-refractivity contribution in [2.24, 2.45) is 12.0 Å². The van der Waals surface area contributed by atoms with Crippen molar-refractivity contribution in [2.45, 2.75) is 25.4 Å². The molecule has 3 rings (SSSR count). The van der Waals surface area contributed by atoms with Crippen molar-refractivity contribution in [3.63, 3.8) is 0 Å². The van der Waals surface area contributed by atoms with E-state index in [1.807, 2.05) is 37.6 Å². The number of nitrogens with one attached hydrogen (secondary N) is 1. The molecule has 1 unspecified atom stereocenters. The fraction of sp³-hybridized carbons (Fsp3) is 0.500. The highest BCUT2D eigenvalue weighted by Crippen LogP contribution is 2.35. The van der Waals surface area contributed by atoms with Crippen LogP contribution in [0.4, 0.5) is 0 Å². The summed E-state index contributed by atoms with van der Waals surface area (Å²) in [4.78, 5) is 6.69. The maximum atomic E-state index is 6.42. The smallest absolute Gasteiger partial charge is 0.193 e. The van der Waals surface area contributed by atoms with E-state index in [4.69, 9.17) is 27.9 Å². The van der Waals surface area contributed by atoms with E-state index in [-0.39, 0.29) is 11.5 Å². The fourth-order valence-corrected chi connectivity index (χ4v) is 4.42. The number of nitrogens with zero attached hydrogens (tertiary/aromatic N) is 4. The minimum Gasteiger partial charge on any atom is -0.370 e. The molecule has 28 heavy (non-hydrogen) atoms. The molecule has 6 nitrogen and oxygen atoms in total. The minimum absolute atomic E-state index is 0.0213. The highest BCUT2D eigenvalue weighted by molar-refractivity contribution is 6.36. The van der Waals surface area contributed by atoms with Crippen LogP contribution in [0.3, 0.4) is 0 Å². The predicted octanol–water partition coefficient (Wildman–Crippen LogP) is 3.65. The second-order valence-corrected chi connectivity index (χ2v) is 8.45. The lowest BCUT2D eigenvalue weighted by molar-refractivity contribution is -0.00808. The van der Waals surface area contributed by atoms with Crippen LogP contribution in [0.25, 0.3) is 0 Å². The van der Waals surface area contributed by atoms with Gasteiger partial charge in [0.05, 0.1) is 19.3 Å². The zero-order valence-electron chi connectivity index (χ0n) is 16.7. The average molecular weight is 424 g/mol. The Morgan fingerprint density at radius 3 is 2.68 bits per heavy atom. The van der Waals surface area contributed by atoms with E-state index in [2.05, 4.69) is 34.2 Å². The van der Waals surface area contributed by atoms with Gasteiger partial charge in [0.15, 0.2) is 5.96 Å². The molecule has 1 fully saturated rings. The molecule has 0 saturated carbocycles. The first-order valence-corrected chi connectivity index (χ1v) is 10.1. The van der Waals surface area contributed by atoms with E-state index < -0.39 is 0 Å². The third-order valence-corrected chi connectivity index (χ3v) is 5.63. The number of ether oxygens (including phenoxy) is 1. The minimum atomic E-state index is -0.263. The Morgan fingerprint density at radius 2 is 2.07 bits per heavy atom. The number of rotatable bonds is 4. The lowest BCUT2D eigenvalue weighted by atomic mass is 9.84. The molecule has 2 heterocycles. The first-order valence-electron chi connectivity index (χ1n) is 9.32. The van der Waals surface area contributed by atoms with Crippen LogP contribution in [0.1, 0.15) is 31.1 Å². The molecule has 1 atom stereocenters. The third kappa shape index (κ3) is 4.62. The SMILES string of the molecule is CN=C(NCC(C)(C)c1c(Cl)cccc1Cl)N1CCOC(c2cnn(C)c2)C1. The van der Waals surface area contributed by atoms with Crippen LogP contribution in [-0.4, -0.2) is 53.9 Å². The molecule has 1 aliphatic rings. The van der Waals surface area contributed by atoms with Crippen molar-refractivity contribution in [3.05, 3.63) is 51.8 Å². The molecular formula is C20H27Cl2N5O. The summed E-state index contributed by atoms with van der Waals surface area (Å²) >= 11 is 12.8. The van der Waals surface area contributed by atoms with Crippen LogP contribution in [0.5, 0.6) is 0 Å². The summed E-state index contributed by atoms with van der Waals surface area (Å²) in [6.07, 6.45) is 3.83. The molecule has 8 heteroatoms. The van der Waals surface area contributed by atoms with Crippen LogP contribution < -0.4 is 5.32 Å². The number of guanidine groups is 1. The number of aliphatic imine (C=N–C) groups is 1. The van der Waals surface area contributed by atoms with Gasteiger partial charge in [0.1, 0.15) is 6.10 Å². The lowest BCUT2D eigenvalue weighted by Gasteiger charge is -2.36. The lowest BCUT2D eigenvalue weighted by Crippen LogP contribution is -2.50. The van der Waals surface area contributed by atoms with Gasteiger partial charge in [0.25, 0.3) is 0 Å². The van der Waals surface area contributed by atoms with Gasteiger partial charge >= 0.3 is 0 Å². The van der Waals surface area contributed by atoms with Crippen LogP contribution >= 0.6 is 23.2 Å². The molecule has 0 aliphatic carbocycles. The van der Waals surface area contributed by atoms with E-state index >= 15 is 0 Å². The monoisotopic (exact) mass is 423 g/mol. The van der Waals surface area contributed by atoms with Crippen molar-refractivity contribution in [1.29, 1.82) is 0 Å². The van der Waals surface area contributed by atoms with Crippen molar-refractivity contribution in [2.75, 3.05) is 33.3 Å². The van der Waals surface area contributed by atoms with Crippen molar-refractivity contribution >= 4 is 29.2 Å². The number of hydrogen-bond donors (Lipinski definition) is 1. The summed E-state index contributed by atoms with van der Waals surface area (Å²) < 4.78 is 7.73. The number of morpholine rings is 1. The van der Waals surface area contributed by atoms with Crippen LogP contribution in [0, 0.1) is 0 Å². The van der Waals surface area contributed by atoms with Crippen LogP contribution in [-0.2, 0) is 17.2 Å². The number of hydrogen-bond acceptors (Lipinski definition) is 3. The number of aryl methyl sites for hydroxylation is 1. The number of benzene rings is 1. The van der Waals surface area contributed by atoms with Gasteiger partial charge in [0.2, 0.25) is 0 Å². The summed E-state index contributed by atoms with van der Waals surface area (Å²) in [6, 6.07) is 5.61. The normalized spacial score (nSPS) is 18.4. The molecule has 0 spiro atoms. The Bertz CT molecular complexity index is 829. The fourth-order valence-electron chi connectivity index (χ4n) is 3.51. The molecule has 1 aromatic heterocycles. The van der Waals surface area contributed by atoms with Gasteiger partial charge in [-0.2, -0.15) is 5.10 Å². The van der Waals surface area contributed by atoms with E-state index in [9.17, 15) is 0 Å². The highest BCUT2D eigenvalue weighted by Gasteiger charge is 2.29. The average Bonchev–Trinajstić information content (AvgIpc) is 3.08. The second-order valence-electron chi connectivity index (χ2n) is 7.63. The molecule has 1 aromatic carbocycles.